The van der Waals surface area contributed by atoms with Gasteiger partial charge in [0.05, 0.1) is 12.0 Å². The van der Waals surface area contributed by atoms with Crippen LogP contribution in [-0.2, 0) is 25.2 Å². The number of fused-ring (bicyclic) bond motifs is 2. The summed E-state index contributed by atoms with van der Waals surface area (Å²) in [5.74, 6) is -0.763. The Hall–Kier alpha value is -1.52. The molecular formula is C26H33Cl2N3O4Si. The van der Waals surface area contributed by atoms with E-state index in [0.717, 1.165) is 16.5 Å². The Kier molecular flexibility index (Phi) is 6.56. The van der Waals surface area contributed by atoms with Crippen LogP contribution in [0.4, 0.5) is 0 Å². The van der Waals surface area contributed by atoms with Crippen LogP contribution in [0.2, 0.25) is 28.3 Å². The molecule has 3 aromatic rings. The van der Waals surface area contributed by atoms with Crippen LogP contribution in [0, 0.1) is 0 Å². The van der Waals surface area contributed by atoms with Crippen LogP contribution < -0.4 is 0 Å². The number of benzene rings is 1. The molecule has 2 aliphatic heterocycles. The standard InChI is InChI=1S/C26H33Cl2N3O4Si/c1-25(2,3)36(6,7)32-13-15-8-9-18(27)17(12-15)19-20-21(35-26(4,5)34-20)24(33-19)31-11-10-16-22(28)29-14-30-23(16)31/h8-12,14,19-21,24H,13H2,1-7H3/t19-,20-,21+,24+/m0/s1. The zero-order valence-electron chi connectivity index (χ0n) is 21.7. The maximum absolute atomic E-state index is 6.74. The third-order valence-electron chi connectivity index (χ3n) is 7.54. The number of ether oxygens (including phenoxy) is 3. The molecule has 0 N–H and O–H groups in total. The maximum Gasteiger partial charge on any atom is 0.192 e. The zero-order chi connectivity index (χ0) is 26.0. The van der Waals surface area contributed by atoms with Gasteiger partial charge in [-0.3, -0.25) is 0 Å². The molecule has 0 radical (unpaired) electrons. The molecule has 2 aliphatic rings. The molecule has 4 atom stereocenters. The van der Waals surface area contributed by atoms with Gasteiger partial charge in [0.2, 0.25) is 0 Å². The van der Waals surface area contributed by atoms with Gasteiger partial charge in [0.15, 0.2) is 20.3 Å². The van der Waals surface area contributed by atoms with Crippen molar-refractivity contribution < 1.29 is 18.6 Å². The normalized spacial score (nSPS) is 26.0. The van der Waals surface area contributed by atoms with E-state index >= 15 is 0 Å². The van der Waals surface area contributed by atoms with Crippen molar-refractivity contribution in [1.82, 2.24) is 14.5 Å². The fourth-order valence-corrected chi connectivity index (χ4v) is 5.95. The summed E-state index contributed by atoms with van der Waals surface area (Å²) in [5.41, 5.74) is 2.58. The second-order valence-electron chi connectivity index (χ2n) is 11.5. The van der Waals surface area contributed by atoms with Gasteiger partial charge in [0.1, 0.15) is 35.4 Å². The van der Waals surface area contributed by atoms with Crippen molar-refractivity contribution in [2.45, 2.75) is 89.7 Å². The predicted molar refractivity (Wildman–Crippen MR) is 143 cm³/mol. The number of hydrogen-bond acceptors (Lipinski definition) is 6. The van der Waals surface area contributed by atoms with Gasteiger partial charge < -0.3 is 23.2 Å². The van der Waals surface area contributed by atoms with Crippen molar-refractivity contribution in [3.63, 3.8) is 0 Å². The summed E-state index contributed by atoms with van der Waals surface area (Å²) in [6.45, 7) is 15.6. The van der Waals surface area contributed by atoms with E-state index < -0.39 is 26.4 Å². The predicted octanol–water partition coefficient (Wildman–Crippen LogP) is 7.05. The number of nitrogens with zero attached hydrogens (tertiary/aromatic N) is 3. The van der Waals surface area contributed by atoms with Crippen LogP contribution in [0.25, 0.3) is 11.0 Å². The monoisotopic (exact) mass is 549 g/mol. The average molecular weight is 551 g/mol. The van der Waals surface area contributed by atoms with Gasteiger partial charge in [-0.1, -0.05) is 50.0 Å². The first-order valence-corrected chi connectivity index (χ1v) is 15.8. The van der Waals surface area contributed by atoms with Crippen LogP contribution in [0.1, 0.15) is 58.1 Å². The molecule has 2 saturated heterocycles. The van der Waals surface area contributed by atoms with Crippen molar-refractivity contribution in [3.8, 4) is 0 Å². The molecule has 0 aliphatic carbocycles. The van der Waals surface area contributed by atoms with E-state index in [1.807, 2.05) is 42.8 Å². The van der Waals surface area contributed by atoms with Gasteiger partial charge in [-0.15, -0.1) is 0 Å². The molecule has 0 amide bonds. The van der Waals surface area contributed by atoms with E-state index in [1.54, 1.807) is 0 Å². The fourth-order valence-electron chi connectivity index (χ4n) is 4.58. The molecule has 0 unspecified atom stereocenters. The minimum Gasteiger partial charge on any atom is -0.413 e. The van der Waals surface area contributed by atoms with E-state index in [4.69, 9.17) is 41.8 Å². The Morgan fingerprint density at radius 2 is 1.81 bits per heavy atom. The van der Waals surface area contributed by atoms with Crippen molar-refractivity contribution in [3.05, 3.63) is 58.1 Å². The van der Waals surface area contributed by atoms with Gasteiger partial charge in [0.25, 0.3) is 0 Å². The van der Waals surface area contributed by atoms with Crippen LogP contribution in [-0.4, -0.2) is 40.8 Å². The molecule has 7 nitrogen and oxygen atoms in total. The molecule has 5 rings (SSSR count). The highest BCUT2D eigenvalue weighted by Gasteiger charge is 2.56. The molecule has 36 heavy (non-hydrogen) atoms. The van der Waals surface area contributed by atoms with E-state index in [-0.39, 0.29) is 17.2 Å². The van der Waals surface area contributed by atoms with Crippen molar-refractivity contribution in [2.24, 2.45) is 0 Å². The molecule has 2 fully saturated rings. The first kappa shape index (κ1) is 26.1. The summed E-state index contributed by atoms with van der Waals surface area (Å²) >= 11 is 13.0. The summed E-state index contributed by atoms with van der Waals surface area (Å²) in [7, 11) is -1.90. The summed E-state index contributed by atoms with van der Waals surface area (Å²) in [5, 5.41) is 1.89. The minimum absolute atomic E-state index is 0.129. The Bertz CT molecular complexity index is 1290. The van der Waals surface area contributed by atoms with Crippen LogP contribution in [0.3, 0.4) is 0 Å². The van der Waals surface area contributed by atoms with E-state index in [9.17, 15) is 0 Å². The quantitative estimate of drug-likeness (QED) is 0.251. The minimum atomic E-state index is -1.90. The van der Waals surface area contributed by atoms with Crippen molar-refractivity contribution in [2.75, 3.05) is 0 Å². The smallest absolute Gasteiger partial charge is 0.192 e. The van der Waals surface area contributed by atoms with Gasteiger partial charge in [0, 0.05) is 16.8 Å². The molecule has 0 spiro atoms. The highest BCUT2D eigenvalue weighted by atomic mass is 35.5. The number of halogens is 2. The van der Waals surface area contributed by atoms with Crippen molar-refractivity contribution >= 4 is 42.6 Å². The molecule has 10 heteroatoms. The van der Waals surface area contributed by atoms with Crippen LogP contribution >= 0.6 is 23.2 Å². The van der Waals surface area contributed by atoms with Gasteiger partial charge in [-0.25, -0.2) is 9.97 Å². The highest BCUT2D eigenvalue weighted by molar-refractivity contribution is 6.74. The lowest BCUT2D eigenvalue weighted by atomic mass is 10.0. The summed E-state index contributed by atoms with van der Waals surface area (Å²) in [6, 6.07) is 7.88. The topological polar surface area (TPSA) is 67.6 Å². The maximum atomic E-state index is 6.74. The lowest BCUT2D eigenvalue weighted by Crippen LogP contribution is -2.40. The Morgan fingerprint density at radius 1 is 1.08 bits per heavy atom. The van der Waals surface area contributed by atoms with E-state index in [2.05, 4.69) is 49.9 Å². The molecule has 0 bridgehead atoms. The summed E-state index contributed by atoms with van der Waals surface area (Å²) < 4.78 is 27.7. The summed E-state index contributed by atoms with van der Waals surface area (Å²) in [6.07, 6.45) is 1.72. The van der Waals surface area contributed by atoms with Crippen LogP contribution in [0.5, 0.6) is 0 Å². The molecule has 4 heterocycles. The first-order chi connectivity index (χ1) is 16.8. The third-order valence-corrected chi connectivity index (χ3v) is 12.7. The number of hydrogen-bond donors (Lipinski definition) is 0. The third kappa shape index (κ3) is 4.62. The lowest BCUT2D eigenvalue weighted by molar-refractivity contribution is -0.197. The molecule has 0 saturated carbocycles. The zero-order valence-corrected chi connectivity index (χ0v) is 24.2. The second-order valence-corrected chi connectivity index (χ2v) is 17.1. The van der Waals surface area contributed by atoms with Gasteiger partial charge in [-0.2, -0.15) is 0 Å². The average Bonchev–Trinajstić information content (AvgIpc) is 3.44. The molecule has 194 valence electrons. The fraction of sp³-hybridized carbons (Fsp3) is 0.538. The Balaban J connectivity index is 1.48. The number of aromatic nitrogens is 3. The van der Waals surface area contributed by atoms with Gasteiger partial charge in [-0.05, 0) is 55.7 Å². The summed E-state index contributed by atoms with van der Waals surface area (Å²) in [4.78, 5) is 8.53. The van der Waals surface area contributed by atoms with E-state index in [0.29, 0.717) is 22.4 Å². The Morgan fingerprint density at radius 3 is 2.53 bits per heavy atom. The molecular weight excluding hydrogens is 517 g/mol. The van der Waals surface area contributed by atoms with E-state index in [1.165, 1.54) is 6.33 Å². The number of rotatable bonds is 5. The molecule has 2 aromatic heterocycles. The first-order valence-electron chi connectivity index (χ1n) is 12.2. The van der Waals surface area contributed by atoms with Gasteiger partial charge >= 0.3 is 0 Å². The second kappa shape index (κ2) is 9.05. The highest BCUT2D eigenvalue weighted by Crippen LogP contribution is 2.51. The largest absolute Gasteiger partial charge is 0.413 e. The Labute approximate surface area is 223 Å². The van der Waals surface area contributed by atoms with Crippen molar-refractivity contribution in [1.29, 1.82) is 0 Å². The molecule has 1 aromatic carbocycles. The SMILES string of the molecule is CC1(C)O[C@@H]2[C@@H](O1)[C@H](c1cc(CO[Si](C)(C)C(C)(C)C)ccc1Cl)O[C@H]2n1ccc2c(Cl)ncnc21. The lowest BCUT2D eigenvalue weighted by Gasteiger charge is -2.36. The van der Waals surface area contributed by atoms with Crippen LogP contribution in [0.15, 0.2) is 36.8 Å².